The van der Waals surface area contributed by atoms with Crippen molar-refractivity contribution in [2.24, 2.45) is 0 Å². The van der Waals surface area contributed by atoms with Crippen molar-refractivity contribution in [1.29, 1.82) is 0 Å². The molecule has 1 fully saturated rings. The second kappa shape index (κ2) is 6.86. The van der Waals surface area contributed by atoms with E-state index in [0.29, 0.717) is 18.0 Å². The van der Waals surface area contributed by atoms with Crippen molar-refractivity contribution in [2.75, 3.05) is 0 Å². The molecular formula is C19H24N2. The zero-order chi connectivity index (χ0) is 14.5. The van der Waals surface area contributed by atoms with Gasteiger partial charge in [0.25, 0.3) is 0 Å². The van der Waals surface area contributed by atoms with Gasteiger partial charge in [0, 0.05) is 18.3 Å². The van der Waals surface area contributed by atoms with Gasteiger partial charge in [0.2, 0.25) is 0 Å². The highest BCUT2D eigenvalue weighted by Crippen LogP contribution is 2.34. The summed E-state index contributed by atoms with van der Waals surface area (Å²) in [6.07, 6.45) is 7.10. The van der Waals surface area contributed by atoms with Gasteiger partial charge in [0.15, 0.2) is 0 Å². The molecule has 2 unspecified atom stereocenters. The highest BCUT2D eigenvalue weighted by atomic mass is 15.0. The first-order valence-electron chi connectivity index (χ1n) is 8.06. The highest BCUT2D eigenvalue weighted by molar-refractivity contribution is 5.22. The van der Waals surface area contributed by atoms with Gasteiger partial charge in [-0.25, -0.2) is 0 Å². The zero-order valence-corrected chi connectivity index (χ0v) is 12.7. The summed E-state index contributed by atoms with van der Waals surface area (Å²) in [5.41, 5.74) is 2.61. The Morgan fingerprint density at radius 1 is 1.00 bits per heavy atom. The maximum Gasteiger partial charge on any atom is 0.0570 e. The van der Waals surface area contributed by atoms with Crippen LogP contribution in [0.4, 0.5) is 0 Å². The van der Waals surface area contributed by atoms with Crippen LogP contribution in [0.1, 0.15) is 55.8 Å². The molecule has 0 saturated heterocycles. The van der Waals surface area contributed by atoms with Gasteiger partial charge in [-0.05, 0) is 43.4 Å². The first-order chi connectivity index (χ1) is 10.3. The highest BCUT2D eigenvalue weighted by Gasteiger charge is 2.27. The van der Waals surface area contributed by atoms with Crippen LogP contribution >= 0.6 is 0 Å². The summed E-state index contributed by atoms with van der Waals surface area (Å²) in [6, 6.07) is 18.0. The normalized spacial score (nSPS) is 23.7. The van der Waals surface area contributed by atoms with E-state index in [1.165, 1.54) is 31.2 Å². The maximum absolute atomic E-state index is 4.48. The lowest BCUT2D eigenvalue weighted by molar-refractivity contribution is 0.304. The van der Waals surface area contributed by atoms with Crippen LogP contribution in [0.2, 0.25) is 0 Å². The van der Waals surface area contributed by atoms with Crippen LogP contribution in [0.15, 0.2) is 54.7 Å². The van der Waals surface area contributed by atoms with E-state index >= 15 is 0 Å². The monoisotopic (exact) mass is 280 g/mol. The molecule has 2 nitrogen and oxygen atoms in total. The van der Waals surface area contributed by atoms with Gasteiger partial charge in [0.05, 0.1) is 5.69 Å². The van der Waals surface area contributed by atoms with Crippen LogP contribution in [0.25, 0.3) is 0 Å². The average Bonchev–Trinajstić information content (AvgIpc) is 2.57. The van der Waals surface area contributed by atoms with Crippen molar-refractivity contribution < 1.29 is 0 Å². The number of rotatable bonds is 4. The predicted octanol–water partition coefficient (Wildman–Crippen LogP) is 4.46. The number of pyridine rings is 1. The Morgan fingerprint density at radius 3 is 2.52 bits per heavy atom. The van der Waals surface area contributed by atoms with Crippen molar-refractivity contribution in [3.05, 3.63) is 66.0 Å². The van der Waals surface area contributed by atoms with Crippen molar-refractivity contribution in [3.63, 3.8) is 0 Å². The minimum Gasteiger partial charge on any atom is -0.305 e. The minimum atomic E-state index is 0.306. The minimum absolute atomic E-state index is 0.306. The molecule has 1 aliphatic carbocycles. The summed E-state index contributed by atoms with van der Waals surface area (Å²) in [5, 5.41) is 3.82. The fourth-order valence-electron chi connectivity index (χ4n) is 3.47. The van der Waals surface area contributed by atoms with Gasteiger partial charge in [-0.1, -0.05) is 49.2 Å². The van der Waals surface area contributed by atoms with E-state index in [-0.39, 0.29) is 0 Å². The Hall–Kier alpha value is -1.67. The first-order valence-corrected chi connectivity index (χ1v) is 8.06. The summed E-state index contributed by atoms with van der Waals surface area (Å²) in [5.74, 6) is 0.631. The molecule has 3 rings (SSSR count). The van der Waals surface area contributed by atoms with E-state index in [1.807, 2.05) is 12.3 Å². The lowest BCUT2D eigenvalue weighted by atomic mass is 9.79. The van der Waals surface area contributed by atoms with Crippen molar-refractivity contribution >= 4 is 0 Å². The summed E-state index contributed by atoms with van der Waals surface area (Å²) in [7, 11) is 0. The molecule has 0 aliphatic heterocycles. The van der Waals surface area contributed by atoms with Crippen molar-refractivity contribution in [1.82, 2.24) is 10.3 Å². The van der Waals surface area contributed by atoms with E-state index in [9.17, 15) is 0 Å². The second-order valence-corrected chi connectivity index (χ2v) is 6.05. The molecule has 1 aromatic heterocycles. The van der Waals surface area contributed by atoms with Gasteiger partial charge >= 0.3 is 0 Å². The molecule has 1 aliphatic rings. The Bertz CT molecular complexity index is 538. The molecule has 1 aromatic carbocycles. The number of hydrogen-bond acceptors (Lipinski definition) is 2. The number of nitrogens with zero attached hydrogens (tertiary/aromatic N) is 1. The average molecular weight is 280 g/mol. The summed E-state index contributed by atoms with van der Waals surface area (Å²) >= 11 is 0. The molecule has 0 radical (unpaired) electrons. The van der Waals surface area contributed by atoms with Crippen molar-refractivity contribution in [2.45, 2.75) is 50.6 Å². The molecule has 0 spiro atoms. The van der Waals surface area contributed by atoms with Gasteiger partial charge in [-0.2, -0.15) is 0 Å². The molecule has 1 N–H and O–H groups in total. The standard InChI is InChI=1S/C19H24N2/c1-15(18-12-7-8-14-20-18)21-19-13-6-5-11-17(19)16-9-3-2-4-10-16/h2-4,7-10,12,14-15,17,19,21H,5-6,11,13H2,1H3/t15-,17?,19?/m1/s1. The Morgan fingerprint density at radius 2 is 1.76 bits per heavy atom. The zero-order valence-electron chi connectivity index (χ0n) is 12.7. The molecule has 1 heterocycles. The Kier molecular flexibility index (Phi) is 4.66. The van der Waals surface area contributed by atoms with Gasteiger partial charge in [0.1, 0.15) is 0 Å². The lowest BCUT2D eigenvalue weighted by Crippen LogP contribution is -2.38. The van der Waals surface area contributed by atoms with Crippen LogP contribution in [0.5, 0.6) is 0 Å². The smallest absolute Gasteiger partial charge is 0.0570 e. The number of nitrogens with one attached hydrogen (secondary N) is 1. The van der Waals surface area contributed by atoms with Crippen LogP contribution in [0, 0.1) is 0 Å². The van der Waals surface area contributed by atoms with E-state index in [1.54, 1.807) is 0 Å². The summed E-state index contributed by atoms with van der Waals surface area (Å²) in [6.45, 7) is 2.22. The van der Waals surface area contributed by atoms with Gasteiger partial charge in [-0.3, -0.25) is 4.98 Å². The lowest BCUT2D eigenvalue weighted by Gasteiger charge is -2.34. The molecule has 2 heteroatoms. The van der Waals surface area contributed by atoms with E-state index in [4.69, 9.17) is 0 Å². The topological polar surface area (TPSA) is 24.9 Å². The molecule has 21 heavy (non-hydrogen) atoms. The molecule has 3 atom stereocenters. The fraction of sp³-hybridized carbons (Fsp3) is 0.421. The van der Waals surface area contributed by atoms with Crippen LogP contribution < -0.4 is 5.32 Å². The Balaban J connectivity index is 1.73. The molecule has 2 aromatic rings. The van der Waals surface area contributed by atoms with Crippen LogP contribution in [-0.4, -0.2) is 11.0 Å². The van der Waals surface area contributed by atoms with Crippen molar-refractivity contribution in [3.8, 4) is 0 Å². The third kappa shape index (κ3) is 3.51. The number of benzene rings is 1. The fourth-order valence-corrected chi connectivity index (χ4v) is 3.47. The van der Waals surface area contributed by atoms with Crippen LogP contribution in [0.3, 0.4) is 0 Å². The van der Waals surface area contributed by atoms with Gasteiger partial charge in [-0.15, -0.1) is 0 Å². The molecule has 0 bridgehead atoms. The molecule has 110 valence electrons. The van der Waals surface area contributed by atoms with E-state index < -0.39 is 0 Å². The molecule has 1 saturated carbocycles. The Labute approximate surface area is 127 Å². The SMILES string of the molecule is C[C@@H](NC1CCCCC1c1ccccc1)c1ccccn1. The summed E-state index contributed by atoms with van der Waals surface area (Å²) in [4.78, 5) is 4.48. The second-order valence-electron chi connectivity index (χ2n) is 6.05. The number of aromatic nitrogens is 1. The van der Waals surface area contributed by atoms with E-state index in [0.717, 1.165) is 5.69 Å². The summed E-state index contributed by atoms with van der Waals surface area (Å²) < 4.78 is 0. The van der Waals surface area contributed by atoms with Crippen LogP contribution in [-0.2, 0) is 0 Å². The largest absolute Gasteiger partial charge is 0.305 e. The van der Waals surface area contributed by atoms with Gasteiger partial charge < -0.3 is 5.32 Å². The number of hydrogen-bond donors (Lipinski definition) is 1. The third-order valence-corrected chi connectivity index (χ3v) is 4.59. The molecular weight excluding hydrogens is 256 g/mol. The quantitative estimate of drug-likeness (QED) is 0.894. The third-order valence-electron chi connectivity index (χ3n) is 4.59. The predicted molar refractivity (Wildman–Crippen MR) is 87.2 cm³/mol. The molecule has 0 amide bonds. The first kappa shape index (κ1) is 14.3. The maximum atomic E-state index is 4.48. The van der Waals surface area contributed by atoms with E-state index in [2.05, 4.69) is 59.7 Å².